The summed E-state index contributed by atoms with van der Waals surface area (Å²) < 4.78 is 5.43. The number of amides is 3. The minimum absolute atomic E-state index is 0.0752. The first-order valence-corrected chi connectivity index (χ1v) is 13.0. The summed E-state index contributed by atoms with van der Waals surface area (Å²) in [6.07, 6.45) is 4.81. The SMILES string of the molecule is C=CC12CN(C(=O)c3cc4c(OC)cccc4[nH]3)C(C(=O)NC(CC3CCCNC3=O)C(=O)CC)(C1)C2. The molecule has 9 nitrogen and oxygen atoms in total. The molecular weight excluding hydrogens is 472 g/mol. The van der Waals surface area contributed by atoms with Gasteiger partial charge in [0.25, 0.3) is 5.91 Å². The lowest BCUT2D eigenvalue weighted by Gasteiger charge is -2.45. The number of aromatic amines is 1. The Kier molecular flexibility index (Phi) is 6.33. The fraction of sp³-hybridized carbons (Fsp3) is 0.500. The fourth-order valence-corrected chi connectivity index (χ4v) is 6.36. The predicted octanol–water partition coefficient (Wildman–Crippen LogP) is 2.72. The maximum Gasteiger partial charge on any atom is 0.271 e. The maximum atomic E-state index is 13.8. The number of fused-ring (bicyclic) bond motifs is 2. The first-order valence-electron chi connectivity index (χ1n) is 13.0. The topological polar surface area (TPSA) is 121 Å². The van der Waals surface area contributed by atoms with E-state index in [-0.39, 0.29) is 47.7 Å². The van der Waals surface area contributed by atoms with Crippen molar-refractivity contribution in [1.82, 2.24) is 20.5 Å². The average Bonchev–Trinajstić information content (AvgIpc) is 3.57. The van der Waals surface area contributed by atoms with Crippen molar-refractivity contribution >= 4 is 34.4 Å². The van der Waals surface area contributed by atoms with E-state index in [9.17, 15) is 19.2 Å². The second-order valence-electron chi connectivity index (χ2n) is 10.7. The molecule has 3 amide bonds. The van der Waals surface area contributed by atoms with Gasteiger partial charge in [0.15, 0.2) is 5.78 Å². The first-order chi connectivity index (χ1) is 17.8. The molecule has 3 N–H and O–H groups in total. The summed E-state index contributed by atoms with van der Waals surface area (Å²) in [5.41, 5.74) is -0.248. The van der Waals surface area contributed by atoms with E-state index >= 15 is 0 Å². The van der Waals surface area contributed by atoms with Crippen molar-refractivity contribution in [3.63, 3.8) is 0 Å². The fourth-order valence-electron chi connectivity index (χ4n) is 6.36. The van der Waals surface area contributed by atoms with Crippen molar-refractivity contribution < 1.29 is 23.9 Å². The van der Waals surface area contributed by atoms with Crippen LogP contribution in [-0.4, -0.2) is 65.2 Å². The standard InChI is InChI=1S/C28H34N4O5/c1-4-22(33)20(12-17-8-7-11-29-24(17)34)31-26(36)28-14-27(5-2,15-28)16-32(28)25(35)21-13-18-19(30-21)9-6-10-23(18)37-3/h5-6,9-10,13,17,20,30H,2,4,7-8,11-12,14-16H2,1,3H3,(H,29,34)(H,31,36). The molecule has 2 bridgehead atoms. The van der Waals surface area contributed by atoms with Gasteiger partial charge >= 0.3 is 0 Å². The van der Waals surface area contributed by atoms with Crippen LogP contribution < -0.4 is 15.4 Å². The molecule has 0 radical (unpaired) electrons. The second-order valence-corrected chi connectivity index (χ2v) is 10.7. The van der Waals surface area contributed by atoms with Gasteiger partial charge in [-0.3, -0.25) is 19.2 Å². The van der Waals surface area contributed by atoms with E-state index in [4.69, 9.17) is 4.74 Å². The molecule has 9 heteroatoms. The lowest BCUT2D eigenvalue weighted by Crippen LogP contribution is -2.63. The second kappa shape index (κ2) is 9.36. The van der Waals surface area contributed by atoms with Crippen molar-refractivity contribution in [2.24, 2.45) is 11.3 Å². The molecule has 3 aliphatic heterocycles. The third-order valence-corrected chi connectivity index (χ3v) is 8.42. The summed E-state index contributed by atoms with van der Waals surface area (Å²) >= 11 is 0. The minimum Gasteiger partial charge on any atom is -0.496 e. The summed E-state index contributed by atoms with van der Waals surface area (Å²) in [6, 6.07) is 6.53. The summed E-state index contributed by atoms with van der Waals surface area (Å²) in [4.78, 5) is 57.5. The number of piperidine rings is 1. The number of ether oxygens (including phenoxy) is 1. The molecule has 4 heterocycles. The quantitative estimate of drug-likeness (QED) is 0.452. The molecule has 0 spiro atoms. The van der Waals surface area contributed by atoms with Gasteiger partial charge in [-0.25, -0.2) is 0 Å². The van der Waals surface area contributed by atoms with Crippen molar-refractivity contribution in [2.45, 2.75) is 57.0 Å². The Balaban J connectivity index is 1.40. The van der Waals surface area contributed by atoms with E-state index in [0.717, 1.165) is 17.3 Å². The lowest BCUT2D eigenvalue weighted by molar-refractivity contribution is -0.138. The van der Waals surface area contributed by atoms with Crippen LogP contribution in [0.15, 0.2) is 36.9 Å². The van der Waals surface area contributed by atoms with Crippen molar-refractivity contribution in [3.05, 3.63) is 42.6 Å². The summed E-state index contributed by atoms with van der Waals surface area (Å²) in [6.45, 7) is 6.73. The number of hydrogen-bond acceptors (Lipinski definition) is 5. The highest BCUT2D eigenvalue weighted by atomic mass is 16.5. The van der Waals surface area contributed by atoms with Crippen LogP contribution in [0.1, 0.15) is 55.9 Å². The van der Waals surface area contributed by atoms with E-state index < -0.39 is 11.6 Å². The monoisotopic (exact) mass is 506 g/mol. The Morgan fingerprint density at radius 2 is 2.11 bits per heavy atom. The normalized spacial score (nSPS) is 27.2. The summed E-state index contributed by atoms with van der Waals surface area (Å²) in [5.74, 6) is -0.471. The van der Waals surface area contributed by atoms with Crippen molar-refractivity contribution in [2.75, 3.05) is 20.2 Å². The van der Waals surface area contributed by atoms with Crippen LogP contribution in [0.4, 0.5) is 0 Å². The first kappa shape index (κ1) is 25.0. The molecule has 4 fully saturated rings. The number of hydrogen-bond donors (Lipinski definition) is 3. The van der Waals surface area contributed by atoms with Gasteiger partial charge in [-0.2, -0.15) is 0 Å². The van der Waals surface area contributed by atoms with Crippen LogP contribution in [0.25, 0.3) is 10.9 Å². The molecule has 4 aliphatic rings. The molecule has 2 aromatic rings. The summed E-state index contributed by atoms with van der Waals surface area (Å²) in [7, 11) is 1.58. The van der Waals surface area contributed by atoms with Crippen LogP contribution in [0, 0.1) is 11.3 Å². The van der Waals surface area contributed by atoms with Crippen LogP contribution in [0.2, 0.25) is 0 Å². The molecule has 1 aromatic carbocycles. The van der Waals surface area contributed by atoms with Crippen LogP contribution in [0.3, 0.4) is 0 Å². The van der Waals surface area contributed by atoms with Gasteiger partial charge < -0.3 is 25.3 Å². The zero-order valence-electron chi connectivity index (χ0n) is 21.4. The van der Waals surface area contributed by atoms with Gasteiger partial charge in [0.2, 0.25) is 11.8 Å². The van der Waals surface area contributed by atoms with E-state index in [0.29, 0.717) is 43.8 Å². The van der Waals surface area contributed by atoms with Gasteiger partial charge in [-0.1, -0.05) is 19.1 Å². The van der Waals surface area contributed by atoms with E-state index in [1.807, 2.05) is 24.3 Å². The number of benzene rings is 1. The maximum absolute atomic E-state index is 13.8. The Bertz CT molecular complexity index is 1270. The number of rotatable bonds is 9. The lowest BCUT2D eigenvalue weighted by atomic mass is 9.61. The number of H-pyrrole nitrogens is 1. The number of nitrogens with one attached hydrogen (secondary N) is 3. The highest BCUT2D eigenvalue weighted by Gasteiger charge is 2.69. The third-order valence-electron chi connectivity index (χ3n) is 8.42. The van der Waals surface area contributed by atoms with Gasteiger partial charge in [0.1, 0.15) is 17.0 Å². The number of Topliss-reactive ketones (excluding diaryl/α,β-unsaturated/α-hetero) is 1. The molecule has 1 saturated carbocycles. The Morgan fingerprint density at radius 3 is 2.78 bits per heavy atom. The smallest absolute Gasteiger partial charge is 0.271 e. The molecule has 6 rings (SSSR count). The van der Waals surface area contributed by atoms with Crippen molar-refractivity contribution in [1.29, 1.82) is 0 Å². The Hall–Kier alpha value is -3.62. The van der Waals surface area contributed by atoms with Crippen LogP contribution in [0.5, 0.6) is 5.75 Å². The number of methoxy groups -OCH3 is 1. The van der Waals surface area contributed by atoms with Crippen molar-refractivity contribution in [3.8, 4) is 5.75 Å². The van der Waals surface area contributed by atoms with Gasteiger partial charge in [-0.05, 0) is 50.3 Å². The molecular formula is C28H34N4O5. The highest BCUT2D eigenvalue weighted by Crippen LogP contribution is 2.60. The largest absolute Gasteiger partial charge is 0.496 e. The Labute approximate surface area is 216 Å². The molecule has 2 atom stereocenters. The number of carbonyl (C=O) groups excluding carboxylic acids is 4. The minimum atomic E-state index is -1.06. The average molecular weight is 507 g/mol. The molecule has 1 aromatic heterocycles. The zero-order chi connectivity index (χ0) is 26.4. The van der Waals surface area contributed by atoms with E-state index in [2.05, 4.69) is 22.2 Å². The zero-order valence-corrected chi connectivity index (χ0v) is 21.4. The number of aromatic nitrogens is 1. The molecule has 196 valence electrons. The highest BCUT2D eigenvalue weighted by molar-refractivity contribution is 6.04. The molecule has 2 unspecified atom stereocenters. The van der Waals surface area contributed by atoms with Gasteiger partial charge in [-0.15, -0.1) is 6.58 Å². The number of nitrogens with zero attached hydrogens (tertiary/aromatic N) is 1. The molecule has 37 heavy (non-hydrogen) atoms. The predicted molar refractivity (Wildman–Crippen MR) is 138 cm³/mol. The van der Waals surface area contributed by atoms with Gasteiger partial charge in [0.05, 0.1) is 13.2 Å². The van der Waals surface area contributed by atoms with E-state index in [1.165, 1.54) is 0 Å². The number of carbonyl (C=O) groups is 4. The number of ketones is 1. The molecule has 1 aliphatic carbocycles. The Morgan fingerprint density at radius 1 is 1.32 bits per heavy atom. The van der Waals surface area contributed by atoms with Gasteiger partial charge in [0, 0.05) is 41.7 Å². The third kappa shape index (κ3) is 4.10. The van der Waals surface area contributed by atoms with E-state index in [1.54, 1.807) is 25.0 Å². The van der Waals surface area contributed by atoms with Crippen LogP contribution in [-0.2, 0) is 14.4 Å². The summed E-state index contributed by atoms with van der Waals surface area (Å²) in [5, 5.41) is 6.59. The molecule has 3 saturated heterocycles. The van der Waals surface area contributed by atoms with Crippen LogP contribution >= 0.6 is 0 Å².